The summed E-state index contributed by atoms with van der Waals surface area (Å²) in [6.45, 7) is 2.01. The van der Waals surface area contributed by atoms with E-state index in [1.807, 2.05) is 30.4 Å². The molecule has 0 aliphatic heterocycles. The van der Waals surface area contributed by atoms with Crippen LogP contribution >= 0.6 is 11.3 Å². The van der Waals surface area contributed by atoms with E-state index >= 15 is 0 Å². The molecule has 17 heavy (non-hydrogen) atoms. The molecule has 4 nitrogen and oxygen atoms in total. The molecular weight excluding hydrogens is 234 g/mol. The Labute approximate surface area is 103 Å². The van der Waals surface area contributed by atoms with Crippen molar-refractivity contribution in [2.24, 2.45) is 0 Å². The molecule has 0 saturated carbocycles. The number of hydrogen-bond acceptors (Lipinski definition) is 4. The Bertz CT molecular complexity index is 574. The summed E-state index contributed by atoms with van der Waals surface area (Å²) in [5, 5.41) is 3.27. The molecule has 88 valence electrons. The molecule has 1 amide bonds. The van der Waals surface area contributed by atoms with Gasteiger partial charge in [0.1, 0.15) is 0 Å². The number of thiazole rings is 1. The third-order valence-electron chi connectivity index (χ3n) is 2.23. The molecule has 1 heterocycles. The van der Waals surface area contributed by atoms with Crippen LogP contribution in [0.25, 0.3) is 16.3 Å². The number of nitrogens with one attached hydrogen (secondary N) is 1. The fourth-order valence-corrected chi connectivity index (χ4v) is 2.28. The van der Waals surface area contributed by atoms with E-state index in [4.69, 9.17) is 5.73 Å². The van der Waals surface area contributed by atoms with Crippen LogP contribution in [0.3, 0.4) is 0 Å². The fraction of sp³-hybridized carbons (Fsp3) is 0.167. The lowest BCUT2D eigenvalue weighted by molar-refractivity contribution is -0.118. The normalized spacial score (nSPS) is 11.1. The van der Waals surface area contributed by atoms with Gasteiger partial charge in [-0.05, 0) is 6.07 Å². The predicted octanol–water partition coefficient (Wildman–Crippen LogP) is 2.03. The first kappa shape index (κ1) is 11.6. The van der Waals surface area contributed by atoms with Gasteiger partial charge in [0.05, 0.1) is 10.2 Å². The van der Waals surface area contributed by atoms with Crippen molar-refractivity contribution in [1.82, 2.24) is 10.3 Å². The van der Waals surface area contributed by atoms with Crippen LogP contribution in [-0.4, -0.2) is 17.4 Å². The van der Waals surface area contributed by atoms with Crippen LogP contribution in [0.15, 0.2) is 24.3 Å². The molecule has 0 spiro atoms. The molecule has 3 N–H and O–H groups in total. The Kier molecular flexibility index (Phi) is 3.39. The zero-order valence-corrected chi connectivity index (χ0v) is 10.3. The second-order valence-corrected chi connectivity index (χ2v) is 4.65. The van der Waals surface area contributed by atoms with Crippen LogP contribution in [0.5, 0.6) is 0 Å². The van der Waals surface area contributed by atoms with E-state index in [9.17, 15) is 4.79 Å². The number of nitrogens with two attached hydrogens (primary N) is 1. The number of rotatable bonds is 3. The molecule has 0 aliphatic carbocycles. The quantitative estimate of drug-likeness (QED) is 0.872. The second kappa shape index (κ2) is 4.97. The highest BCUT2D eigenvalue weighted by molar-refractivity contribution is 7.22. The molecule has 0 radical (unpaired) electrons. The summed E-state index contributed by atoms with van der Waals surface area (Å²) < 4.78 is 1.07. The maximum absolute atomic E-state index is 10.7. The second-order valence-electron chi connectivity index (χ2n) is 3.59. The summed E-state index contributed by atoms with van der Waals surface area (Å²) in [6.07, 6.45) is 3.84. The zero-order chi connectivity index (χ0) is 12.3. The van der Waals surface area contributed by atoms with Crippen molar-refractivity contribution < 1.29 is 4.79 Å². The molecule has 0 unspecified atom stereocenters. The molecule has 0 aliphatic rings. The Balaban J connectivity index is 2.20. The van der Waals surface area contributed by atoms with Crippen LogP contribution in [0.1, 0.15) is 12.5 Å². The molecule has 5 heteroatoms. The van der Waals surface area contributed by atoms with E-state index in [1.165, 1.54) is 18.3 Å². The average molecular weight is 247 g/mol. The first-order valence-electron chi connectivity index (χ1n) is 5.23. The Morgan fingerprint density at radius 1 is 1.59 bits per heavy atom. The van der Waals surface area contributed by atoms with Crippen LogP contribution in [-0.2, 0) is 4.79 Å². The third-order valence-corrected chi connectivity index (χ3v) is 3.08. The third kappa shape index (κ3) is 2.82. The first-order chi connectivity index (χ1) is 8.16. The molecule has 2 rings (SSSR count). The minimum atomic E-state index is -0.0363. The number of nitrogen functional groups attached to an aromatic ring is 1. The summed E-state index contributed by atoms with van der Waals surface area (Å²) in [7, 11) is 0. The Morgan fingerprint density at radius 3 is 3.18 bits per heavy atom. The van der Waals surface area contributed by atoms with E-state index < -0.39 is 0 Å². The SMILES string of the molecule is CC(=O)NCC=Cc1cccc2sc(N)nc12. The molecule has 1 aromatic heterocycles. The molecule has 0 atom stereocenters. The fourth-order valence-electron chi connectivity index (χ4n) is 1.51. The summed E-state index contributed by atoms with van der Waals surface area (Å²) in [6, 6.07) is 5.94. The van der Waals surface area contributed by atoms with E-state index in [0.717, 1.165) is 15.8 Å². The van der Waals surface area contributed by atoms with Gasteiger partial charge in [-0.25, -0.2) is 4.98 Å². The van der Waals surface area contributed by atoms with Gasteiger partial charge in [0.25, 0.3) is 0 Å². The highest BCUT2D eigenvalue weighted by atomic mass is 32.1. The highest BCUT2D eigenvalue weighted by Gasteiger charge is 2.03. The number of para-hydroxylation sites is 1. The number of hydrogen-bond donors (Lipinski definition) is 2. The number of benzene rings is 1. The minimum Gasteiger partial charge on any atom is -0.375 e. The largest absolute Gasteiger partial charge is 0.375 e. The smallest absolute Gasteiger partial charge is 0.217 e. The molecular formula is C12H13N3OS. The molecule has 1 aromatic carbocycles. The van der Waals surface area contributed by atoms with Gasteiger partial charge < -0.3 is 11.1 Å². The van der Waals surface area contributed by atoms with E-state index in [-0.39, 0.29) is 5.91 Å². The first-order valence-corrected chi connectivity index (χ1v) is 6.04. The van der Waals surface area contributed by atoms with Crippen LogP contribution in [0.2, 0.25) is 0 Å². The summed E-state index contributed by atoms with van der Waals surface area (Å²) in [5.41, 5.74) is 7.61. The van der Waals surface area contributed by atoms with Crippen molar-refractivity contribution in [1.29, 1.82) is 0 Å². The van der Waals surface area contributed by atoms with Gasteiger partial charge in [-0.2, -0.15) is 0 Å². The lowest BCUT2D eigenvalue weighted by atomic mass is 10.2. The van der Waals surface area contributed by atoms with Crippen molar-refractivity contribution in [2.75, 3.05) is 12.3 Å². The lowest BCUT2D eigenvalue weighted by Crippen LogP contribution is -2.19. The summed E-state index contributed by atoms with van der Waals surface area (Å²) in [4.78, 5) is 15.0. The van der Waals surface area contributed by atoms with Gasteiger partial charge in [0.2, 0.25) is 5.91 Å². The van der Waals surface area contributed by atoms with E-state index in [1.54, 1.807) is 0 Å². The van der Waals surface area contributed by atoms with Gasteiger partial charge in [0, 0.05) is 19.0 Å². The number of carbonyl (C=O) groups is 1. The monoisotopic (exact) mass is 247 g/mol. The standard InChI is InChI=1S/C12H13N3OS/c1-8(16)14-7-3-5-9-4-2-6-10-11(9)15-12(13)17-10/h2-6H,7H2,1H3,(H2,13,15)(H,14,16). The number of amides is 1. The van der Waals surface area contributed by atoms with E-state index in [2.05, 4.69) is 10.3 Å². The topological polar surface area (TPSA) is 68.0 Å². The number of carbonyl (C=O) groups excluding carboxylic acids is 1. The zero-order valence-electron chi connectivity index (χ0n) is 9.43. The van der Waals surface area contributed by atoms with Crippen molar-refractivity contribution >= 4 is 38.7 Å². The highest BCUT2D eigenvalue weighted by Crippen LogP contribution is 2.26. The van der Waals surface area contributed by atoms with Crippen LogP contribution in [0, 0.1) is 0 Å². The van der Waals surface area contributed by atoms with Gasteiger partial charge in [-0.3, -0.25) is 4.79 Å². The van der Waals surface area contributed by atoms with Gasteiger partial charge >= 0.3 is 0 Å². The van der Waals surface area contributed by atoms with Crippen molar-refractivity contribution in [2.45, 2.75) is 6.92 Å². The number of anilines is 1. The number of aromatic nitrogens is 1. The maximum atomic E-state index is 10.7. The summed E-state index contributed by atoms with van der Waals surface area (Å²) in [5.74, 6) is -0.0363. The Hall–Kier alpha value is -1.88. The lowest BCUT2D eigenvalue weighted by Gasteiger charge is -1.96. The van der Waals surface area contributed by atoms with Crippen molar-refractivity contribution in [3.8, 4) is 0 Å². The van der Waals surface area contributed by atoms with Gasteiger partial charge in [0.15, 0.2) is 5.13 Å². The maximum Gasteiger partial charge on any atom is 0.217 e. The van der Waals surface area contributed by atoms with Crippen molar-refractivity contribution in [3.05, 3.63) is 29.8 Å². The molecule has 2 aromatic rings. The predicted molar refractivity (Wildman–Crippen MR) is 71.8 cm³/mol. The average Bonchev–Trinajstić information content (AvgIpc) is 2.65. The Morgan fingerprint density at radius 2 is 2.41 bits per heavy atom. The molecule has 0 bridgehead atoms. The number of fused-ring (bicyclic) bond motifs is 1. The number of nitrogens with zero attached hydrogens (tertiary/aromatic N) is 1. The van der Waals surface area contributed by atoms with Crippen LogP contribution in [0.4, 0.5) is 5.13 Å². The minimum absolute atomic E-state index is 0.0363. The van der Waals surface area contributed by atoms with Crippen molar-refractivity contribution in [3.63, 3.8) is 0 Å². The van der Waals surface area contributed by atoms with Crippen LogP contribution < -0.4 is 11.1 Å². The van der Waals surface area contributed by atoms with E-state index in [0.29, 0.717) is 11.7 Å². The molecule has 0 fully saturated rings. The summed E-state index contributed by atoms with van der Waals surface area (Å²) >= 11 is 1.47. The van der Waals surface area contributed by atoms with Gasteiger partial charge in [-0.15, -0.1) is 0 Å². The molecule has 0 saturated heterocycles. The van der Waals surface area contributed by atoms with Gasteiger partial charge in [-0.1, -0.05) is 35.6 Å².